The number of aliphatic carboxylic acids is 1. The number of hydrogen-bond donors (Lipinski definition) is 5. The van der Waals surface area contributed by atoms with E-state index >= 15 is 0 Å². The van der Waals surface area contributed by atoms with E-state index in [9.17, 15) is 22.8 Å². The zero-order valence-electron chi connectivity index (χ0n) is 32.0. The third kappa shape index (κ3) is 11.7. The van der Waals surface area contributed by atoms with Crippen molar-refractivity contribution in [3.8, 4) is 11.6 Å². The van der Waals surface area contributed by atoms with E-state index in [1.807, 2.05) is 102 Å². The number of aryl methyl sites for hydroxylation is 2. The predicted octanol–water partition coefficient (Wildman–Crippen LogP) is 6.88. The lowest BCUT2D eigenvalue weighted by Crippen LogP contribution is -2.42. The molecule has 0 spiro atoms. The molecule has 2 amide bonds. The normalized spacial score (nSPS) is 10.8. The van der Waals surface area contributed by atoms with Crippen LogP contribution >= 0.6 is 0 Å². The fourth-order valence-electron chi connectivity index (χ4n) is 5.57. The van der Waals surface area contributed by atoms with Gasteiger partial charge in [-0.3, -0.25) is 9.67 Å². The van der Waals surface area contributed by atoms with Gasteiger partial charge in [-0.25, -0.2) is 27.5 Å². The van der Waals surface area contributed by atoms with Crippen molar-refractivity contribution >= 4 is 55.3 Å². The van der Waals surface area contributed by atoms with E-state index in [1.165, 1.54) is 30.6 Å². The average molecular weight is 807 g/mol. The zero-order chi connectivity index (χ0) is 41.8. The number of fused-ring (bicyclic) bond motifs is 2. The van der Waals surface area contributed by atoms with Gasteiger partial charge >= 0.3 is 17.6 Å². The van der Waals surface area contributed by atoms with Crippen LogP contribution in [0.2, 0.25) is 0 Å². The van der Waals surface area contributed by atoms with Gasteiger partial charge in [0.1, 0.15) is 16.2 Å². The SMILES string of the molecule is Cc1cc(=O)oc2cc(O)ccc12.Cc1cccc(Nc2ccncc2S(=O)(=O)NC(=O)NC(C)C)c1.O=C(O)COc1nn(Cc2ccccc2)c2ccccc12. The quantitative estimate of drug-likeness (QED) is 0.0894. The maximum Gasteiger partial charge on any atom is 0.341 e. The number of phenolic OH excluding ortho intramolecular Hbond substituents is 1. The maximum absolute atomic E-state index is 12.5. The Kier molecular flexibility index (Phi) is 13.8. The number of para-hydroxylation sites is 1. The first kappa shape index (κ1) is 42.0. The molecule has 0 saturated heterocycles. The van der Waals surface area contributed by atoms with E-state index in [4.69, 9.17) is 19.4 Å². The molecule has 300 valence electrons. The summed E-state index contributed by atoms with van der Waals surface area (Å²) >= 11 is 0. The second kappa shape index (κ2) is 19.1. The molecular weight excluding hydrogens is 765 g/mol. The van der Waals surface area contributed by atoms with Gasteiger partial charge in [0, 0.05) is 41.6 Å². The minimum absolute atomic E-state index is 0.0984. The van der Waals surface area contributed by atoms with Crippen molar-refractivity contribution in [3.05, 3.63) is 149 Å². The Balaban J connectivity index is 0.000000172. The van der Waals surface area contributed by atoms with E-state index in [2.05, 4.69) is 20.7 Å². The molecule has 3 heterocycles. The number of aromatic nitrogens is 3. The summed E-state index contributed by atoms with van der Waals surface area (Å²) in [4.78, 5) is 37.1. The molecule has 0 aliphatic rings. The summed E-state index contributed by atoms with van der Waals surface area (Å²) in [6, 6.07) is 31.8. The van der Waals surface area contributed by atoms with Crippen LogP contribution in [0.3, 0.4) is 0 Å². The molecule has 7 aromatic rings. The topological polar surface area (TPSA) is 215 Å². The molecule has 0 aliphatic carbocycles. The van der Waals surface area contributed by atoms with Crippen LogP contribution in [0.5, 0.6) is 11.6 Å². The average Bonchev–Trinajstić information content (AvgIpc) is 3.51. The number of aromatic hydroxyl groups is 1. The van der Waals surface area contributed by atoms with Crippen LogP contribution in [-0.2, 0) is 21.4 Å². The Labute approximate surface area is 334 Å². The number of carboxylic acids is 1. The minimum atomic E-state index is -4.05. The summed E-state index contributed by atoms with van der Waals surface area (Å²) in [6.45, 7) is 7.45. The highest BCUT2D eigenvalue weighted by molar-refractivity contribution is 7.90. The largest absolute Gasteiger partial charge is 0.508 e. The maximum atomic E-state index is 12.5. The number of benzene rings is 4. The zero-order valence-corrected chi connectivity index (χ0v) is 32.9. The fraction of sp³-hybridized carbons (Fsp3) is 0.167. The smallest absolute Gasteiger partial charge is 0.341 e. The minimum Gasteiger partial charge on any atom is -0.508 e. The Morgan fingerprint density at radius 1 is 0.897 bits per heavy atom. The first-order valence-electron chi connectivity index (χ1n) is 17.9. The van der Waals surface area contributed by atoms with Crippen molar-refractivity contribution in [2.24, 2.45) is 0 Å². The molecule has 5 N–H and O–H groups in total. The number of rotatable bonds is 10. The molecular formula is C42H42N6O9S. The van der Waals surface area contributed by atoms with Crippen molar-refractivity contribution in [1.82, 2.24) is 24.8 Å². The Hall–Kier alpha value is -7.20. The van der Waals surface area contributed by atoms with Gasteiger partial charge in [-0.2, -0.15) is 0 Å². The second-order valence-electron chi connectivity index (χ2n) is 13.2. The van der Waals surface area contributed by atoms with Crippen LogP contribution in [0.25, 0.3) is 21.9 Å². The highest BCUT2D eigenvalue weighted by Crippen LogP contribution is 2.26. The molecule has 0 unspecified atom stereocenters. The number of ether oxygens (including phenoxy) is 1. The van der Waals surface area contributed by atoms with Gasteiger partial charge in [0.05, 0.1) is 23.1 Å². The lowest BCUT2D eigenvalue weighted by atomic mass is 10.1. The van der Waals surface area contributed by atoms with Gasteiger partial charge in [0.15, 0.2) is 6.61 Å². The van der Waals surface area contributed by atoms with E-state index in [-0.39, 0.29) is 16.7 Å². The number of carbonyl (C=O) groups is 2. The number of hydrogen-bond acceptors (Lipinski definition) is 11. The van der Waals surface area contributed by atoms with Crippen LogP contribution in [-0.4, -0.2) is 58.0 Å². The van der Waals surface area contributed by atoms with Crippen molar-refractivity contribution in [1.29, 1.82) is 0 Å². The molecule has 3 aromatic heterocycles. The molecule has 15 nitrogen and oxygen atoms in total. The van der Waals surface area contributed by atoms with Gasteiger partial charge < -0.3 is 30.0 Å². The number of phenols is 1. The second-order valence-corrected chi connectivity index (χ2v) is 14.8. The first-order valence-corrected chi connectivity index (χ1v) is 19.4. The van der Waals surface area contributed by atoms with Crippen molar-refractivity contribution in [2.75, 3.05) is 11.9 Å². The van der Waals surface area contributed by atoms with Gasteiger partial charge in [0.25, 0.3) is 10.0 Å². The number of amides is 2. The number of carboxylic acid groups (broad SMARTS) is 1. The standard InChI is InChI=1S/C16H20N4O3S.C16H14N2O3.C10H8O3/c1-11(2)18-16(21)20-24(22,23)15-10-17-8-7-14(15)19-13-6-4-5-12(3)9-13;19-15(20)11-21-16-13-8-4-5-9-14(13)18(17-16)10-12-6-2-1-3-7-12;1-6-4-10(12)13-9-5-7(11)2-3-8(6)9/h4-11H,1-3H3,(H,17,19)(H2,18,20,21);1-9H,10-11H2,(H,19,20);2-5,11H,1H3. The molecule has 16 heteroatoms. The summed E-state index contributed by atoms with van der Waals surface area (Å²) in [6.07, 6.45) is 2.68. The van der Waals surface area contributed by atoms with Crippen molar-refractivity contribution in [2.45, 2.75) is 45.2 Å². The van der Waals surface area contributed by atoms with E-state index < -0.39 is 34.3 Å². The van der Waals surface area contributed by atoms with Crippen molar-refractivity contribution in [3.63, 3.8) is 0 Å². The van der Waals surface area contributed by atoms with Crippen LogP contribution in [0.1, 0.15) is 30.5 Å². The summed E-state index contributed by atoms with van der Waals surface area (Å²) < 4.78 is 38.9. The van der Waals surface area contributed by atoms with E-state index in [1.54, 1.807) is 26.0 Å². The van der Waals surface area contributed by atoms with Gasteiger partial charge in [-0.15, -0.1) is 5.10 Å². The molecule has 0 atom stereocenters. The lowest BCUT2D eigenvalue weighted by Gasteiger charge is -2.14. The highest BCUT2D eigenvalue weighted by Gasteiger charge is 2.22. The number of pyridine rings is 1. The van der Waals surface area contributed by atoms with Crippen LogP contribution in [0.4, 0.5) is 16.2 Å². The van der Waals surface area contributed by atoms with Crippen molar-refractivity contribution < 1.29 is 37.4 Å². The number of nitrogens with one attached hydrogen (secondary N) is 3. The fourth-order valence-corrected chi connectivity index (χ4v) is 6.59. The lowest BCUT2D eigenvalue weighted by molar-refractivity contribution is -0.139. The Morgan fingerprint density at radius 2 is 1.64 bits per heavy atom. The highest BCUT2D eigenvalue weighted by atomic mass is 32.2. The van der Waals surface area contributed by atoms with E-state index in [0.717, 1.165) is 38.7 Å². The van der Waals surface area contributed by atoms with Crippen LogP contribution in [0, 0.1) is 13.8 Å². The molecule has 58 heavy (non-hydrogen) atoms. The first-order chi connectivity index (χ1) is 27.7. The predicted molar refractivity (Wildman–Crippen MR) is 220 cm³/mol. The molecule has 4 aromatic carbocycles. The number of sulfonamides is 1. The summed E-state index contributed by atoms with van der Waals surface area (Å²) in [5.74, 6) is -0.568. The van der Waals surface area contributed by atoms with Gasteiger partial charge in [-0.05, 0) is 86.8 Å². The van der Waals surface area contributed by atoms with E-state index in [0.29, 0.717) is 23.7 Å². The monoisotopic (exact) mass is 806 g/mol. The Bertz CT molecular complexity index is 2700. The van der Waals surface area contributed by atoms with Gasteiger partial charge in [-0.1, -0.05) is 54.6 Å². The third-order valence-electron chi connectivity index (χ3n) is 8.08. The molecule has 0 saturated carbocycles. The summed E-state index contributed by atoms with van der Waals surface area (Å²) in [5, 5.41) is 29.4. The molecule has 0 fully saturated rings. The number of anilines is 2. The summed E-state index contributed by atoms with van der Waals surface area (Å²) in [5.41, 5.74) is 5.03. The summed E-state index contributed by atoms with van der Waals surface area (Å²) in [7, 11) is -4.05. The molecule has 0 radical (unpaired) electrons. The van der Waals surface area contributed by atoms with Crippen LogP contribution in [0.15, 0.2) is 136 Å². The molecule has 0 aliphatic heterocycles. The van der Waals surface area contributed by atoms with Gasteiger partial charge in [0.2, 0.25) is 5.88 Å². The Morgan fingerprint density at radius 3 is 2.36 bits per heavy atom. The number of urea groups is 1. The van der Waals surface area contributed by atoms with Crippen LogP contribution < -0.4 is 25.7 Å². The number of carbonyl (C=O) groups excluding carboxylic acids is 1. The molecule has 0 bridgehead atoms. The number of nitrogens with zero attached hydrogens (tertiary/aromatic N) is 3. The molecule has 7 rings (SSSR count). The third-order valence-corrected chi connectivity index (χ3v) is 9.44.